The van der Waals surface area contributed by atoms with Crippen LogP contribution in [0.25, 0.3) is 0 Å². The van der Waals surface area contributed by atoms with E-state index < -0.39 is 0 Å². The normalized spacial score (nSPS) is 10.5. The Bertz CT molecular complexity index is 888. The van der Waals surface area contributed by atoms with Crippen LogP contribution in [-0.4, -0.2) is 22.7 Å². The number of carbonyl (C=O) groups excluding carboxylic acids is 1. The van der Waals surface area contributed by atoms with E-state index in [1.54, 1.807) is 36.0 Å². The molecule has 1 aromatic heterocycles. The van der Waals surface area contributed by atoms with Crippen molar-refractivity contribution in [1.82, 2.24) is 10.2 Å². The van der Waals surface area contributed by atoms with Crippen LogP contribution < -0.4 is 10.1 Å². The summed E-state index contributed by atoms with van der Waals surface area (Å²) >= 11 is 14.7. The molecule has 134 valence electrons. The topological polar surface area (TPSA) is 64.1 Å². The van der Waals surface area contributed by atoms with E-state index in [9.17, 15) is 4.79 Å². The summed E-state index contributed by atoms with van der Waals surface area (Å²) in [6.07, 6.45) is 0. The Morgan fingerprint density at radius 3 is 2.65 bits per heavy atom. The molecule has 0 radical (unpaired) electrons. The number of hydrogen-bond donors (Lipinski definition) is 1. The summed E-state index contributed by atoms with van der Waals surface area (Å²) in [6.45, 7) is -0.156. The van der Waals surface area contributed by atoms with Crippen LogP contribution >= 0.6 is 46.3 Å². The van der Waals surface area contributed by atoms with E-state index >= 15 is 0 Å². The second-order valence-corrected chi connectivity index (χ2v) is 8.10. The Labute approximate surface area is 168 Å². The zero-order valence-electron chi connectivity index (χ0n) is 13.3. The smallest absolute Gasteiger partial charge is 0.264 e. The molecular weight excluding hydrogens is 413 g/mol. The van der Waals surface area contributed by atoms with Crippen LogP contribution in [0.2, 0.25) is 10.0 Å². The van der Waals surface area contributed by atoms with Gasteiger partial charge in [0.1, 0.15) is 5.75 Å². The molecule has 9 heteroatoms. The third kappa shape index (κ3) is 5.60. The molecule has 0 unspecified atom stereocenters. The van der Waals surface area contributed by atoms with E-state index in [-0.39, 0.29) is 12.5 Å². The lowest BCUT2D eigenvalue weighted by Gasteiger charge is -2.06. The molecule has 0 saturated heterocycles. The Kier molecular flexibility index (Phi) is 6.73. The Morgan fingerprint density at radius 1 is 1.12 bits per heavy atom. The summed E-state index contributed by atoms with van der Waals surface area (Å²) in [7, 11) is 0. The number of nitrogens with one attached hydrogen (secondary N) is 1. The summed E-state index contributed by atoms with van der Waals surface area (Å²) < 4.78 is 6.16. The van der Waals surface area contributed by atoms with Crippen molar-refractivity contribution in [2.75, 3.05) is 11.9 Å². The van der Waals surface area contributed by atoms with Gasteiger partial charge < -0.3 is 4.74 Å². The summed E-state index contributed by atoms with van der Waals surface area (Å²) in [5.74, 6) is 0.881. The Balaban J connectivity index is 1.47. The molecule has 0 fully saturated rings. The molecule has 26 heavy (non-hydrogen) atoms. The van der Waals surface area contributed by atoms with E-state index in [1.807, 2.05) is 24.3 Å². The second-order valence-electron chi connectivity index (χ2n) is 5.06. The van der Waals surface area contributed by atoms with Crippen molar-refractivity contribution >= 4 is 57.3 Å². The highest BCUT2D eigenvalue weighted by Crippen LogP contribution is 2.28. The van der Waals surface area contributed by atoms with Gasteiger partial charge in [0.25, 0.3) is 5.91 Å². The first-order chi connectivity index (χ1) is 12.6. The number of benzene rings is 2. The number of hydrogen-bond acceptors (Lipinski definition) is 6. The van der Waals surface area contributed by atoms with Gasteiger partial charge in [-0.3, -0.25) is 10.1 Å². The molecule has 1 N–H and O–H groups in total. The van der Waals surface area contributed by atoms with E-state index in [4.69, 9.17) is 27.9 Å². The summed E-state index contributed by atoms with van der Waals surface area (Å²) in [5, 5.41) is 12.3. The number of thioether (sulfide) groups is 1. The Morgan fingerprint density at radius 2 is 1.88 bits per heavy atom. The lowest BCUT2D eigenvalue weighted by atomic mass is 10.2. The third-order valence-electron chi connectivity index (χ3n) is 3.12. The van der Waals surface area contributed by atoms with Gasteiger partial charge in [0, 0.05) is 10.8 Å². The molecule has 1 amide bonds. The third-order valence-corrected chi connectivity index (χ3v) is 5.73. The summed E-state index contributed by atoms with van der Waals surface area (Å²) in [4.78, 5) is 12.0. The SMILES string of the molecule is O=C(COc1ccccc1Cl)Nc1nnc(SCc2ccc(Cl)cc2)s1. The van der Waals surface area contributed by atoms with Gasteiger partial charge in [0.2, 0.25) is 5.13 Å². The molecule has 0 aliphatic heterocycles. The molecular formula is C17H13Cl2N3O2S2. The maximum Gasteiger partial charge on any atom is 0.264 e. The largest absolute Gasteiger partial charge is 0.482 e. The van der Waals surface area contributed by atoms with Crippen LogP contribution in [0.5, 0.6) is 5.75 Å². The van der Waals surface area contributed by atoms with Gasteiger partial charge in [-0.25, -0.2) is 0 Å². The quantitative estimate of drug-likeness (QED) is 0.418. The van der Waals surface area contributed by atoms with Gasteiger partial charge in [-0.15, -0.1) is 10.2 Å². The molecule has 0 aliphatic carbocycles. The van der Waals surface area contributed by atoms with Crippen molar-refractivity contribution in [3.63, 3.8) is 0 Å². The van der Waals surface area contributed by atoms with Crippen molar-refractivity contribution in [2.24, 2.45) is 0 Å². The first-order valence-electron chi connectivity index (χ1n) is 7.48. The number of aromatic nitrogens is 2. The zero-order chi connectivity index (χ0) is 18.4. The molecule has 0 aliphatic rings. The van der Waals surface area contributed by atoms with Crippen LogP contribution in [-0.2, 0) is 10.5 Å². The van der Waals surface area contributed by atoms with Crippen LogP contribution in [0.4, 0.5) is 5.13 Å². The maximum atomic E-state index is 12.0. The summed E-state index contributed by atoms with van der Waals surface area (Å²) in [5.41, 5.74) is 1.13. The molecule has 0 saturated carbocycles. The molecule has 0 atom stereocenters. The predicted molar refractivity (Wildman–Crippen MR) is 106 cm³/mol. The van der Waals surface area contributed by atoms with Gasteiger partial charge in [-0.05, 0) is 29.8 Å². The van der Waals surface area contributed by atoms with E-state index in [1.165, 1.54) is 11.3 Å². The number of rotatable bonds is 7. The van der Waals surface area contributed by atoms with Crippen LogP contribution in [0.1, 0.15) is 5.56 Å². The van der Waals surface area contributed by atoms with Crippen molar-refractivity contribution in [1.29, 1.82) is 0 Å². The molecule has 1 heterocycles. The Hall–Kier alpha value is -1.80. The van der Waals surface area contributed by atoms with Crippen LogP contribution in [0, 0.1) is 0 Å². The highest BCUT2D eigenvalue weighted by molar-refractivity contribution is 8.00. The van der Waals surface area contributed by atoms with Crippen molar-refractivity contribution < 1.29 is 9.53 Å². The van der Waals surface area contributed by atoms with Crippen LogP contribution in [0.3, 0.4) is 0 Å². The number of para-hydroxylation sites is 1. The number of amides is 1. The minimum Gasteiger partial charge on any atom is -0.482 e. The van der Waals surface area contributed by atoms with Gasteiger partial charge in [-0.1, -0.05) is 70.6 Å². The van der Waals surface area contributed by atoms with Gasteiger partial charge in [0.05, 0.1) is 5.02 Å². The fourth-order valence-corrected chi connectivity index (χ4v) is 3.95. The first kappa shape index (κ1) is 19.0. The highest BCUT2D eigenvalue weighted by atomic mass is 35.5. The zero-order valence-corrected chi connectivity index (χ0v) is 16.5. The predicted octanol–water partition coefficient (Wildman–Crippen LogP) is 5.15. The van der Waals surface area contributed by atoms with Crippen molar-refractivity contribution in [2.45, 2.75) is 10.1 Å². The molecule has 0 spiro atoms. The van der Waals surface area contributed by atoms with Crippen molar-refractivity contribution in [3.8, 4) is 5.75 Å². The standard InChI is InChI=1S/C17H13Cl2N3O2S2/c18-12-7-5-11(6-8-12)10-25-17-22-21-16(26-17)20-15(23)9-24-14-4-2-1-3-13(14)19/h1-8H,9-10H2,(H,20,21,23). The van der Waals surface area contributed by atoms with Crippen LogP contribution in [0.15, 0.2) is 52.9 Å². The fourth-order valence-electron chi connectivity index (χ4n) is 1.90. The average molecular weight is 426 g/mol. The molecule has 0 bridgehead atoms. The van der Waals surface area contributed by atoms with E-state index in [0.29, 0.717) is 20.9 Å². The van der Waals surface area contributed by atoms with Gasteiger partial charge in [0.15, 0.2) is 10.9 Å². The van der Waals surface area contributed by atoms with Gasteiger partial charge >= 0.3 is 0 Å². The minimum absolute atomic E-state index is 0.156. The average Bonchev–Trinajstić information content (AvgIpc) is 3.08. The highest BCUT2D eigenvalue weighted by Gasteiger charge is 2.10. The maximum absolute atomic E-state index is 12.0. The first-order valence-corrected chi connectivity index (χ1v) is 10.0. The monoisotopic (exact) mass is 425 g/mol. The van der Waals surface area contributed by atoms with Gasteiger partial charge in [-0.2, -0.15) is 0 Å². The molecule has 3 aromatic rings. The van der Waals surface area contributed by atoms with E-state index in [2.05, 4.69) is 15.5 Å². The summed E-state index contributed by atoms with van der Waals surface area (Å²) in [6, 6.07) is 14.6. The molecule has 3 rings (SSSR count). The number of carbonyl (C=O) groups is 1. The fraction of sp³-hybridized carbons (Fsp3) is 0.118. The molecule has 2 aromatic carbocycles. The van der Waals surface area contributed by atoms with E-state index in [0.717, 1.165) is 15.7 Å². The molecule has 5 nitrogen and oxygen atoms in total. The number of nitrogens with zero attached hydrogens (tertiary/aromatic N) is 2. The van der Waals surface area contributed by atoms with Crippen molar-refractivity contribution in [3.05, 3.63) is 64.1 Å². The lowest BCUT2D eigenvalue weighted by Crippen LogP contribution is -2.20. The number of halogens is 2. The minimum atomic E-state index is -0.324. The number of anilines is 1. The lowest BCUT2D eigenvalue weighted by molar-refractivity contribution is -0.118. The second kappa shape index (κ2) is 9.23. The number of ether oxygens (including phenoxy) is 1.